The molecule has 0 spiro atoms. The van der Waals surface area contributed by atoms with E-state index >= 15 is 0 Å². The van der Waals surface area contributed by atoms with Crippen molar-refractivity contribution in [2.24, 2.45) is 5.92 Å². The van der Waals surface area contributed by atoms with Crippen molar-refractivity contribution >= 4 is 46.6 Å². The highest BCUT2D eigenvalue weighted by Crippen LogP contribution is 2.54. The first kappa shape index (κ1) is 26.2. The number of imide groups is 1. The molecule has 198 valence electrons. The van der Waals surface area contributed by atoms with Gasteiger partial charge in [-0.1, -0.05) is 47.4 Å². The zero-order valence-corrected chi connectivity index (χ0v) is 21.2. The number of fused-ring (bicyclic) bond motifs is 2. The van der Waals surface area contributed by atoms with Crippen molar-refractivity contribution in [3.05, 3.63) is 80.0 Å². The molecule has 0 bridgehead atoms. The van der Waals surface area contributed by atoms with Crippen LogP contribution in [0.25, 0.3) is 0 Å². The first-order chi connectivity index (χ1) is 18.0. The van der Waals surface area contributed by atoms with E-state index in [0.29, 0.717) is 15.3 Å². The summed E-state index contributed by atoms with van der Waals surface area (Å²) in [6.07, 6.45) is -4.83. The molecule has 3 heterocycles. The van der Waals surface area contributed by atoms with Crippen molar-refractivity contribution in [1.29, 1.82) is 0 Å². The highest BCUT2D eigenvalue weighted by atomic mass is 32.2. The van der Waals surface area contributed by atoms with Gasteiger partial charge in [0.1, 0.15) is 17.6 Å². The normalized spacial score (nSPS) is 20.9. The quantitative estimate of drug-likeness (QED) is 0.258. The number of hydrogen-bond donors (Lipinski definition) is 0. The number of thioether (sulfide) groups is 1. The van der Waals surface area contributed by atoms with Gasteiger partial charge in [0.15, 0.2) is 0 Å². The number of amides is 2. The zero-order valence-electron chi connectivity index (χ0n) is 19.5. The smallest absolute Gasteiger partial charge is 0.418 e. The minimum absolute atomic E-state index is 0.0799. The number of nitrogens with zero attached hydrogens (tertiary/aromatic N) is 2. The molecule has 3 aromatic rings. The number of carbonyl (C=O) groups is 3. The Morgan fingerprint density at radius 2 is 1.71 bits per heavy atom. The topological polar surface area (TPSA) is 85.7 Å². The van der Waals surface area contributed by atoms with Crippen LogP contribution in [0.3, 0.4) is 0 Å². The molecule has 13 heteroatoms. The van der Waals surface area contributed by atoms with Gasteiger partial charge in [0, 0.05) is 10.8 Å². The molecule has 7 nitrogen and oxygen atoms in total. The van der Waals surface area contributed by atoms with Crippen LogP contribution in [0.1, 0.15) is 28.8 Å². The van der Waals surface area contributed by atoms with Crippen LogP contribution < -0.4 is 9.77 Å². The average molecular weight is 567 g/mol. The lowest BCUT2D eigenvalue weighted by atomic mass is 9.83. The predicted molar refractivity (Wildman–Crippen MR) is 131 cm³/mol. The number of benzene rings is 2. The van der Waals surface area contributed by atoms with E-state index < -0.39 is 69.5 Å². The van der Waals surface area contributed by atoms with Crippen LogP contribution in [-0.2, 0) is 31.8 Å². The lowest BCUT2D eigenvalue weighted by Crippen LogP contribution is -2.33. The number of hydrogen-bond acceptors (Lipinski definition) is 7. The molecule has 2 amide bonds. The zero-order chi connectivity index (χ0) is 27.4. The van der Waals surface area contributed by atoms with Gasteiger partial charge in [0.2, 0.25) is 11.8 Å². The van der Waals surface area contributed by atoms with Crippen LogP contribution in [0.5, 0.6) is 0 Å². The largest absolute Gasteiger partial charge is 0.465 e. The van der Waals surface area contributed by atoms with E-state index in [9.17, 15) is 36.7 Å². The number of carbonyl (C=O) groups excluding carboxylic acids is 3. The van der Waals surface area contributed by atoms with Gasteiger partial charge in [0.05, 0.1) is 28.8 Å². The lowest BCUT2D eigenvalue weighted by molar-refractivity contribution is -0.144. The number of esters is 1. The minimum atomic E-state index is -4.83. The summed E-state index contributed by atoms with van der Waals surface area (Å²) in [6, 6.07) is 9.42. The second kappa shape index (κ2) is 9.70. The molecule has 2 aromatic carbocycles. The van der Waals surface area contributed by atoms with E-state index in [1.165, 1.54) is 18.2 Å². The molecule has 1 aromatic heterocycles. The molecule has 0 unspecified atom stereocenters. The number of aromatic nitrogens is 1. The Labute approximate surface area is 221 Å². The summed E-state index contributed by atoms with van der Waals surface area (Å²) in [5.41, 5.74) is -1.33. The third-order valence-corrected chi connectivity index (χ3v) is 8.93. The van der Waals surface area contributed by atoms with Gasteiger partial charge in [-0.25, -0.2) is 9.29 Å². The molecule has 2 aliphatic rings. The molecule has 38 heavy (non-hydrogen) atoms. The van der Waals surface area contributed by atoms with Crippen molar-refractivity contribution in [2.45, 2.75) is 35.8 Å². The van der Waals surface area contributed by atoms with Crippen molar-refractivity contribution in [2.75, 3.05) is 11.5 Å². The van der Waals surface area contributed by atoms with Crippen LogP contribution in [0.2, 0.25) is 0 Å². The molecule has 2 aliphatic heterocycles. The summed E-state index contributed by atoms with van der Waals surface area (Å²) < 4.78 is 61.2. The first-order valence-corrected chi connectivity index (χ1v) is 13.1. The van der Waals surface area contributed by atoms with Crippen LogP contribution in [0.15, 0.2) is 58.4 Å². The SMILES string of the molecule is CCOC(=O)Cn1c2c(sc1=O)[C@@H](c1ccc(F)cc1)[C@@H]1C(=O)N(c3ccccc3C(F)(F)F)C(=O)[C@@H]1S2. The molecule has 0 radical (unpaired) electrons. The molecule has 0 N–H and O–H groups in total. The highest BCUT2D eigenvalue weighted by Gasteiger charge is 2.57. The van der Waals surface area contributed by atoms with Crippen molar-refractivity contribution in [3.8, 4) is 0 Å². The van der Waals surface area contributed by atoms with Crippen LogP contribution in [0.4, 0.5) is 23.2 Å². The number of rotatable bonds is 5. The Hall–Kier alpha value is -3.45. The van der Waals surface area contributed by atoms with E-state index in [2.05, 4.69) is 0 Å². The van der Waals surface area contributed by atoms with Crippen LogP contribution in [-0.4, -0.2) is 34.2 Å². The standard InChI is InChI=1S/C25H18F4N2O5S2/c1-2-36-16(32)11-30-23-20(38-24(30)35)17(12-7-9-13(26)10-8-12)18-19(37-23)22(34)31(21(18)33)15-6-4-3-5-14(15)25(27,28)29/h3-10,17-19H,2,11H2,1H3/t17-,18-,19+/m0/s1. The molecular formula is C25H18F4N2O5S2. The average Bonchev–Trinajstić information content (AvgIpc) is 3.30. The highest BCUT2D eigenvalue weighted by molar-refractivity contribution is 8.00. The predicted octanol–water partition coefficient (Wildman–Crippen LogP) is 4.43. The molecule has 0 saturated carbocycles. The Balaban J connectivity index is 1.66. The molecule has 1 fully saturated rings. The van der Waals surface area contributed by atoms with Gasteiger partial charge in [-0.05, 0) is 36.8 Å². The van der Waals surface area contributed by atoms with Crippen molar-refractivity contribution in [1.82, 2.24) is 4.57 Å². The second-order valence-electron chi connectivity index (χ2n) is 8.55. The van der Waals surface area contributed by atoms with Crippen LogP contribution >= 0.6 is 23.1 Å². The fraction of sp³-hybridized carbons (Fsp3) is 0.280. The summed E-state index contributed by atoms with van der Waals surface area (Å²) in [7, 11) is 0. The van der Waals surface area contributed by atoms with Gasteiger partial charge < -0.3 is 4.74 Å². The van der Waals surface area contributed by atoms with Crippen LogP contribution in [0, 0.1) is 11.7 Å². The fourth-order valence-corrected chi connectivity index (χ4v) is 7.54. The van der Waals surface area contributed by atoms with E-state index in [1.807, 2.05) is 0 Å². The molecular weight excluding hydrogens is 548 g/mol. The monoisotopic (exact) mass is 566 g/mol. The van der Waals surface area contributed by atoms with Gasteiger partial charge in [-0.3, -0.25) is 23.7 Å². The summed E-state index contributed by atoms with van der Waals surface area (Å²) in [5.74, 6) is -5.08. The molecule has 1 saturated heterocycles. The van der Waals surface area contributed by atoms with Crippen molar-refractivity contribution < 1.29 is 36.7 Å². The van der Waals surface area contributed by atoms with E-state index in [-0.39, 0.29) is 11.6 Å². The Morgan fingerprint density at radius 1 is 1.03 bits per heavy atom. The molecule has 0 aliphatic carbocycles. The first-order valence-electron chi connectivity index (χ1n) is 11.4. The van der Waals surface area contributed by atoms with E-state index in [1.54, 1.807) is 6.92 Å². The third kappa shape index (κ3) is 4.33. The summed E-state index contributed by atoms with van der Waals surface area (Å²) >= 11 is 1.62. The van der Waals surface area contributed by atoms with Gasteiger partial charge in [-0.15, -0.1) is 0 Å². The number of anilines is 1. The number of ether oxygens (including phenoxy) is 1. The fourth-order valence-electron chi connectivity index (χ4n) is 4.77. The Kier molecular flexibility index (Phi) is 6.68. The number of thiazole rings is 1. The maximum Gasteiger partial charge on any atom is 0.418 e. The number of halogens is 4. The Bertz CT molecular complexity index is 1500. The summed E-state index contributed by atoms with van der Waals surface area (Å²) in [5, 5.41) is -0.940. The number of alkyl halides is 3. The molecule has 3 atom stereocenters. The van der Waals surface area contributed by atoms with Gasteiger partial charge in [0.25, 0.3) is 0 Å². The van der Waals surface area contributed by atoms with E-state index in [0.717, 1.165) is 58.0 Å². The maximum atomic E-state index is 13.8. The third-order valence-electron chi connectivity index (χ3n) is 6.32. The Morgan fingerprint density at radius 3 is 2.37 bits per heavy atom. The van der Waals surface area contributed by atoms with Crippen molar-refractivity contribution in [3.63, 3.8) is 0 Å². The van der Waals surface area contributed by atoms with Gasteiger partial charge in [-0.2, -0.15) is 13.2 Å². The summed E-state index contributed by atoms with van der Waals surface area (Å²) in [6.45, 7) is 1.24. The molecule has 5 rings (SSSR count). The lowest BCUT2D eigenvalue weighted by Gasteiger charge is -2.30. The second-order valence-corrected chi connectivity index (χ2v) is 10.7. The van der Waals surface area contributed by atoms with Gasteiger partial charge >= 0.3 is 17.0 Å². The maximum absolute atomic E-state index is 13.8. The number of para-hydroxylation sites is 1. The van der Waals surface area contributed by atoms with E-state index in [4.69, 9.17) is 4.74 Å². The minimum Gasteiger partial charge on any atom is -0.465 e. The summed E-state index contributed by atoms with van der Waals surface area (Å²) in [4.78, 5) is 52.8.